The molecule has 1 unspecified atom stereocenters. The minimum absolute atomic E-state index is 0.183. The maximum absolute atomic E-state index is 11.5. The van der Waals surface area contributed by atoms with Crippen LogP contribution in [0.2, 0.25) is 4.47 Å². The summed E-state index contributed by atoms with van der Waals surface area (Å²) in [5.41, 5.74) is 0. The average molecular weight is 266 g/mol. The lowest BCUT2D eigenvalue weighted by atomic mass is 10.3. The second-order valence-corrected chi connectivity index (χ2v) is 4.44. The molecule has 0 saturated heterocycles. The van der Waals surface area contributed by atoms with Gasteiger partial charge in [0, 0.05) is 20.8 Å². The molecule has 90 valence electrons. The summed E-state index contributed by atoms with van der Waals surface area (Å²) in [6.07, 6.45) is -0.183. The molecule has 1 heterocycles. The van der Waals surface area contributed by atoms with Crippen LogP contribution in [0.25, 0.3) is 0 Å². The number of halogens is 1. The molecule has 6 nitrogen and oxygen atoms in total. The van der Waals surface area contributed by atoms with E-state index in [0.717, 1.165) is 11.3 Å². The molecule has 0 aromatic carbocycles. The van der Waals surface area contributed by atoms with Gasteiger partial charge in [0.05, 0.1) is 12.7 Å². The van der Waals surface area contributed by atoms with Crippen LogP contribution in [-0.2, 0) is 9.47 Å². The lowest BCUT2D eigenvalue weighted by Gasteiger charge is -2.14. The van der Waals surface area contributed by atoms with E-state index in [1.54, 1.807) is 14.2 Å². The van der Waals surface area contributed by atoms with E-state index in [1.165, 1.54) is 0 Å². The average Bonchev–Trinajstić information content (AvgIpc) is 2.70. The number of ether oxygens (including phenoxy) is 2. The van der Waals surface area contributed by atoms with Gasteiger partial charge >= 0.3 is 0 Å². The van der Waals surface area contributed by atoms with Crippen molar-refractivity contribution in [1.82, 2.24) is 15.5 Å². The van der Waals surface area contributed by atoms with E-state index in [9.17, 15) is 4.79 Å². The normalized spacial score (nSPS) is 12.4. The van der Waals surface area contributed by atoms with Crippen molar-refractivity contribution in [1.29, 1.82) is 0 Å². The summed E-state index contributed by atoms with van der Waals surface area (Å²) in [7, 11) is 3.12. The van der Waals surface area contributed by atoms with Gasteiger partial charge in [0.2, 0.25) is 9.47 Å². The van der Waals surface area contributed by atoms with Crippen molar-refractivity contribution in [2.75, 3.05) is 27.4 Å². The molecule has 0 aliphatic heterocycles. The largest absolute Gasteiger partial charge is 0.382 e. The van der Waals surface area contributed by atoms with E-state index in [1.807, 2.05) is 0 Å². The Balaban J connectivity index is 2.40. The van der Waals surface area contributed by atoms with Gasteiger partial charge in [0.15, 0.2) is 0 Å². The molecule has 1 atom stereocenters. The van der Waals surface area contributed by atoms with Gasteiger partial charge in [-0.05, 0) is 11.6 Å². The molecule has 8 heteroatoms. The van der Waals surface area contributed by atoms with Crippen LogP contribution in [0.4, 0.5) is 0 Å². The molecule has 1 rings (SSSR count). The van der Waals surface area contributed by atoms with Gasteiger partial charge in [-0.15, -0.1) is 10.2 Å². The second kappa shape index (κ2) is 6.74. The molecule has 0 saturated carbocycles. The fourth-order valence-corrected chi connectivity index (χ4v) is 1.72. The number of aromatic nitrogens is 2. The number of carbonyl (C=O) groups excluding carboxylic acids is 1. The molecule has 1 N–H and O–H groups in total. The van der Waals surface area contributed by atoms with E-state index in [4.69, 9.17) is 21.1 Å². The highest BCUT2D eigenvalue weighted by Crippen LogP contribution is 2.14. The van der Waals surface area contributed by atoms with E-state index >= 15 is 0 Å². The molecular weight excluding hydrogens is 254 g/mol. The lowest BCUT2D eigenvalue weighted by Crippen LogP contribution is -2.35. The quantitative estimate of drug-likeness (QED) is 0.815. The molecule has 1 amide bonds. The first kappa shape index (κ1) is 13.3. The van der Waals surface area contributed by atoms with Crippen molar-refractivity contribution < 1.29 is 14.3 Å². The Morgan fingerprint density at radius 1 is 1.56 bits per heavy atom. The Hall–Kier alpha value is -0.760. The van der Waals surface area contributed by atoms with Gasteiger partial charge in [-0.1, -0.05) is 11.3 Å². The first-order valence-corrected chi connectivity index (χ1v) is 5.65. The smallest absolute Gasteiger partial charge is 0.282 e. The van der Waals surface area contributed by atoms with Crippen LogP contribution in [-0.4, -0.2) is 49.6 Å². The summed E-state index contributed by atoms with van der Waals surface area (Å²) < 4.78 is 10.2. The molecule has 0 aliphatic carbocycles. The van der Waals surface area contributed by atoms with Gasteiger partial charge in [-0.25, -0.2) is 0 Å². The highest BCUT2D eigenvalue weighted by molar-refractivity contribution is 7.17. The molecule has 0 fully saturated rings. The van der Waals surface area contributed by atoms with Crippen LogP contribution in [0.3, 0.4) is 0 Å². The number of hydrogen-bond acceptors (Lipinski definition) is 6. The van der Waals surface area contributed by atoms with Gasteiger partial charge in [-0.3, -0.25) is 4.79 Å². The predicted molar refractivity (Wildman–Crippen MR) is 59.9 cm³/mol. The Bertz CT molecular complexity index is 347. The Morgan fingerprint density at radius 3 is 2.81 bits per heavy atom. The standard InChI is InChI=1S/C8H12ClN3O3S/c1-14-4-5(15-2)3-10-6(13)7-11-12-8(9)16-7/h5H,3-4H2,1-2H3,(H,10,13). The minimum Gasteiger partial charge on any atom is -0.382 e. The molecular formula is C8H12ClN3O3S. The molecule has 16 heavy (non-hydrogen) atoms. The van der Waals surface area contributed by atoms with Crippen LogP contribution in [0, 0.1) is 0 Å². The Labute approximate surface area is 102 Å². The van der Waals surface area contributed by atoms with Crippen molar-refractivity contribution in [3.05, 3.63) is 9.47 Å². The van der Waals surface area contributed by atoms with Gasteiger partial charge in [0.1, 0.15) is 0 Å². The monoisotopic (exact) mass is 265 g/mol. The van der Waals surface area contributed by atoms with Gasteiger partial charge < -0.3 is 14.8 Å². The first-order chi connectivity index (χ1) is 7.67. The third kappa shape index (κ3) is 4.01. The topological polar surface area (TPSA) is 73.3 Å². The summed E-state index contributed by atoms with van der Waals surface area (Å²) in [4.78, 5) is 11.5. The molecule has 0 spiro atoms. The number of nitrogens with zero attached hydrogens (tertiary/aromatic N) is 2. The van der Waals surface area contributed by atoms with Gasteiger partial charge in [-0.2, -0.15) is 0 Å². The van der Waals surface area contributed by atoms with E-state index in [-0.39, 0.29) is 21.5 Å². The Kier molecular flexibility index (Phi) is 5.61. The predicted octanol–water partition coefficient (Wildman–Crippen LogP) is 0.583. The first-order valence-electron chi connectivity index (χ1n) is 4.46. The highest BCUT2D eigenvalue weighted by atomic mass is 35.5. The van der Waals surface area contributed by atoms with Crippen LogP contribution >= 0.6 is 22.9 Å². The van der Waals surface area contributed by atoms with Crippen LogP contribution in [0.5, 0.6) is 0 Å². The fraction of sp³-hybridized carbons (Fsp3) is 0.625. The fourth-order valence-electron chi connectivity index (χ4n) is 0.975. The SMILES string of the molecule is COCC(CNC(=O)c1nnc(Cl)s1)OC. The maximum Gasteiger partial charge on any atom is 0.282 e. The second-order valence-electron chi connectivity index (χ2n) is 2.88. The summed E-state index contributed by atoms with van der Waals surface area (Å²) in [5, 5.41) is 10.0. The van der Waals surface area contributed by atoms with Crippen molar-refractivity contribution in [3.63, 3.8) is 0 Å². The molecule has 1 aromatic rings. The third-order valence-corrected chi connectivity index (χ3v) is 2.79. The summed E-state index contributed by atoms with van der Waals surface area (Å²) >= 11 is 6.59. The van der Waals surface area contributed by atoms with Crippen molar-refractivity contribution >= 4 is 28.8 Å². The number of methoxy groups -OCH3 is 2. The van der Waals surface area contributed by atoms with Crippen molar-refractivity contribution in [3.8, 4) is 0 Å². The zero-order chi connectivity index (χ0) is 12.0. The van der Waals surface area contributed by atoms with Crippen molar-refractivity contribution in [2.24, 2.45) is 0 Å². The van der Waals surface area contributed by atoms with Crippen LogP contribution in [0.15, 0.2) is 0 Å². The van der Waals surface area contributed by atoms with E-state index in [0.29, 0.717) is 13.2 Å². The van der Waals surface area contributed by atoms with Crippen LogP contribution in [0.1, 0.15) is 9.80 Å². The Morgan fingerprint density at radius 2 is 2.31 bits per heavy atom. The maximum atomic E-state index is 11.5. The lowest BCUT2D eigenvalue weighted by molar-refractivity contribution is 0.0285. The van der Waals surface area contributed by atoms with Gasteiger partial charge in [0.25, 0.3) is 5.91 Å². The molecule has 0 aliphatic rings. The molecule has 0 bridgehead atoms. The number of rotatable bonds is 6. The number of amides is 1. The minimum atomic E-state index is -0.317. The zero-order valence-electron chi connectivity index (χ0n) is 8.90. The van der Waals surface area contributed by atoms with Crippen LogP contribution < -0.4 is 5.32 Å². The summed E-state index contributed by atoms with van der Waals surface area (Å²) in [6.45, 7) is 0.758. The van der Waals surface area contributed by atoms with Crippen molar-refractivity contribution in [2.45, 2.75) is 6.10 Å². The zero-order valence-corrected chi connectivity index (χ0v) is 10.5. The number of nitrogens with one attached hydrogen (secondary N) is 1. The molecule has 1 aromatic heterocycles. The number of carbonyl (C=O) groups is 1. The number of hydrogen-bond donors (Lipinski definition) is 1. The van der Waals surface area contributed by atoms with E-state index < -0.39 is 0 Å². The summed E-state index contributed by atoms with van der Waals surface area (Å²) in [5.74, 6) is -0.317. The third-order valence-electron chi connectivity index (χ3n) is 1.77. The molecule has 0 radical (unpaired) electrons. The highest BCUT2D eigenvalue weighted by Gasteiger charge is 2.14. The van der Waals surface area contributed by atoms with E-state index in [2.05, 4.69) is 15.5 Å². The summed E-state index contributed by atoms with van der Waals surface area (Å²) in [6, 6.07) is 0.